The molecule has 1 rings (SSSR count). The van der Waals surface area contributed by atoms with Crippen LogP contribution in [-0.4, -0.2) is 19.2 Å². The summed E-state index contributed by atoms with van der Waals surface area (Å²) in [5.74, 6) is 3.69. The Labute approximate surface area is 104 Å². The van der Waals surface area contributed by atoms with Crippen molar-refractivity contribution in [1.29, 1.82) is 0 Å². The van der Waals surface area contributed by atoms with Crippen LogP contribution in [0.25, 0.3) is 0 Å². The number of rotatable bonds is 8. The van der Waals surface area contributed by atoms with Gasteiger partial charge < -0.3 is 10.1 Å². The molecule has 0 aliphatic heterocycles. The minimum atomic E-state index is 0.205. The summed E-state index contributed by atoms with van der Waals surface area (Å²) in [5, 5.41) is 3.34. The van der Waals surface area contributed by atoms with Crippen LogP contribution >= 0.6 is 0 Å². The van der Waals surface area contributed by atoms with Crippen molar-refractivity contribution in [2.75, 3.05) is 13.2 Å². The second-order valence-corrected chi connectivity index (χ2v) is 3.98. The fourth-order valence-electron chi connectivity index (χ4n) is 1.59. The third kappa shape index (κ3) is 5.99. The molecule has 2 heteroatoms. The quantitative estimate of drug-likeness (QED) is 0.548. The van der Waals surface area contributed by atoms with Crippen LogP contribution in [0.2, 0.25) is 0 Å². The van der Waals surface area contributed by atoms with E-state index in [-0.39, 0.29) is 6.04 Å². The zero-order valence-corrected chi connectivity index (χ0v) is 10.5. The molecular formula is C15H21NO. The van der Waals surface area contributed by atoms with Crippen molar-refractivity contribution < 1.29 is 4.74 Å². The number of terminal acetylenes is 1. The van der Waals surface area contributed by atoms with E-state index in [1.807, 2.05) is 30.3 Å². The van der Waals surface area contributed by atoms with Crippen molar-refractivity contribution in [3.8, 4) is 18.1 Å². The second kappa shape index (κ2) is 8.66. The third-order valence-electron chi connectivity index (χ3n) is 2.50. The molecule has 0 amide bonds. The molecule has 0 aliphatic rings. The number of nitrogens with one attached hydrogen (secondary N) is 1. The summed E-state index contributed by atoms with van der Waals surface area (Å²) in [5.41, 5.74) is 0. The van der Waals surface area contributed by atoms with E-state index in [0.717, 1.165) is 38.2 Å². The third-order valence-corrected chi connectivity index (χ3v) is 2.50. The Morgan fingerprint density at radius 1 is 1.35 bits per heavy atom. The van der Waals surface area contributed by atoms with E-state index in [4.69, 9.17) is 11.2 Å². The highest BCUT2D eigenvalue weighted by Crippen LogP contribution is 2.08. The number of hydrogen-bond acceptors (Lipinski definition) is 2. The van der Waals surface area contributed by atoms with Crippen LogP contribution in [0.1, 0.15) is 26.2 Å². The Morgan fingerprint density at radius 3 is 2.76 bits per heavy atom. The summed E-state index contributed by atoms with van der Waals surface area (Å²) in [4.78, 5) is 0. The smallest absolute Gasteiger partial charge is 0.119 e. The van der Waals surface area contributed by atoms with Gasteiger partial charge in [0.15, 0.2) is 0 Å². The van der Waals surface area contributed by atoms with Crippen LogP contribution in [0.5, 0.6) is 5.75 Å². The lowest BCUT2D eigenvalue weighted by atomic mass is 10.2. The molecule has 0 radical (unpaired) electrons. The zero-order valence-electron chi connectivity index (χ0n) is 10.5. The fourth-order valence-corrected chi connectivity index (χ4v) is 1.59. The highest BCUT2D eigenvalue weighted by Gasteiger charge is 2.01. The summed E-state index contributed by atoms with van der Waals surface area (Å²) >= 11 is 0. The first-order valence-electron chi connectivity index (χ1n) is 6.24. The van der Waals surface area contributed by atoms with Gasteiger partial charge in [0.1, 0.15) is 5.75 Å². The molecule has 0 spiro atoms. The lowest BCUT2D eigenvalue weighted by Crippen LogP contribution is -2.29. The number of ether oxygens (including phenoxy) is 1. The largest absolute Gasteiger partial charge is 0.494 e. The van der Waals surface area contributed by atoms with E-state index in [2.05, 4.69) is 18.2 Å². The maximum Gasteiger partial charge on any atom is 0.119 e. The Morgan fingerprint density at radius 2 is 2.12 bits per heavy atom. The predicted molar refractivity (Wildman–Crippen MR) is 72.1 cm³/mol. The zero-order chi connectivity index (χ0) is 12.3. The van der Waals surface area contributed by atoms with E-state index in [9.17, 15) is 0 Å². The molecule has 0 aromatic heterocycles. The van der Waals surface area contributed by atoms with Gasteiger partial charge in [-0.2, -0.15) is 0 Å². The van der Waals surface area contributed by atoms with Crippen LogP contribution in [0.15, 0.2) is 30.3 Å². The van der Waals surface area contributed by atoms with Gasteiger partial charge in [-0.05, 0) is 31.5 Å². The summed E-state index contributed by atoms with van der Waals surface area (Å²) in [7, 11) is 0. The Balaban J connectivity index is 2.07. The molecule has 92 valence electrons. The molecule has 1 unspecified atom stereocenters. The Hall–Kier alpha value is -1.46. The standard InChI is InChI=1S/C15H21NO/c1-3-9-14(4-2)16-12-8-13-17-15-10-6-5-7-11-15/h2,5-7,10-11,14,16H,3,8-9,12-13H2,1H3. The summed E-state index contributed by atoms with van der Waals surface area (Å²) in [6.07, 6.45) is 8.54. The topological polar surface area (TPSA) is 21.3 Å². The maximum atomic E-state index is 5.59. The van der Waals surface area contributed by atoms with Gasteiger partial charge in [-0.25, -0.2) is 0 Å². The number of hydrogen-bond donors (Lipinski definition) is 1. The van der Waals surface area contributed by atoms with Crippen molar-refractivity contribution in [3.05, 3.63) is 30.3 Å². The van der Waals surface area contributed by atoms with Crippen molar-refractivity contribution in [3.63, 3.8) is 0 Å². The molecule has 0 saturated carbocycles. The minimum Gasteiger partial charge on any atom is -0.494 e. The van der Waals surface area contributed by atoms with Gasteiger partial charge in [0.25, 0.3) is 0 Å². The second-order valence-electron chi connectivity index (χ2n) is 3.98. The van der Waals surface area contributed by atoms with Crippen LogP contribution in [-0.2, 0) is 0 Å². The van der Waals surface area contributed by atoms with Gasteiger partial charge in [0.2, 0.25) is 0 Å². The molecule has 0 bridgehead atoms. The first-order chi connectivity index (χ1) is 8.36. The molecule has 2 nitrogen and oxygen atoms in total. The Bertz CT molecular complexity index is 329. The van der Waals surface area contributed by atoms with Gasteiger partial charge in [-0.3, -0.25) is 0 Å². The van der Waals surface area contributed by atoms with E-state index < -0.39 is 0 Å². The van der Waals surface area contributed by atoms with E-state index in [1.54, 1.807) is 0 Å². The number of para-hydroxylation sites is 1. The van der Waals surface area contributed by atoms with E-state index in [0.29, 0.717) is 0 Å². The summed E-state index contributed by atoms with van der Waals surface area (Å²) < 4.78 is 5.59. The monoisotopic (exact) mass is 231 g/mol. The number of benzene rings is 1. The van der Waals surface area contributed by atoms with Crippen LogP contribution in [0.3, 0.4) is 0 Å². The van der Waals surface area contributed by atoms with Gasteiger partial charge in [-0.15, -0.1) is 6.42 Å². The van der Waals surface area contributed by atoms with E-state index >= 15 is 0 Å². The molecule has 1 aromatic rings. The SMILES string of the molecule is C#CC(CCC)NCCCOc1ccccc1. The van der Waals surface area contributed by atoms with Crippen LogP contribution < -0.4 is 10.1 Å². The molecule has 17 heavy (non-hydrogen) atoms. The molecular weight excluding hydrogens is 210 g/mol. The highest BCUT2D eigenvalue weighted by molar-refractivity contribution is 5.20. The minimum absolute atomic E-state index is 0.205. The molecule has 1 N–H and O–H groups in total. The van der Waals surface area contributed by atoms with Crippen molar-refractivity contribution in [2.45, 2.75) is 32.2 Å². The first-order valence-corrected chi connectivity index (χ1v) is 6.24. The Kier molecular flexibility index (Phi) is 6.93. The fraction of sp³-hybridized carbons (Fsp3) is 0.467. The predicted octanol–water partition coefficient (Wildman–Crippen LogP) is 2.85. The molecule has 0 saturated heterocycles. The lowest BCUT2D eigenvalue weighted by molar-refractivity contribution is 0.306. The molecule has 0 heterocycles. The highest BCUT2D eigenvalue weighted by atomic mass is 16.5. The van der Waals surface area contributed by atoms with Crippen molar-refractivity contribution in [2.24, 2.45) is 0 Å². The van der Waals surface area contributed by atoms with Gasteiger partial charge in [0, 0.05) is 0 Å². The molecule has 0 aliphatic carbocycles. The summed E-state index contributed by atoms with van der Waals surface area (Å²) in [6, 6.07) is 10.1. The van der Waals surface area contributed by atoms with Crippen LogP contribution in [0, 0.1) is 12.3 Å². The van der Waals surface area contributed by atoms with Crippen molar-refractivity contribution >= 4 is 0 Å². The van der Waals surface area contributed by atoms with Crippen LogP contribution in [0.4, 0.5) is 0 Å². The van der Waals surface area contributed by atoms with Gasteiger partial charge >= 0.3 is 0 Å². The average Bonchev–Trinajstić information content (AvgIpc) is 2.38. The summed E-state index contributed by atoms with van der Waals surface area (Å²) in [6.45, 7) is 3.77. The van der Waals surface area contributed by atoms with Gasteiger partial charge in [0.05, 0.1) is 12.6 Å². The molecule has 0 fully saturated rings. The van der Waals surface area contributed by atoms with Crippen molar-refractivity contribution in [1.82, 2.24) is 5.32 Å². The molecule has 1 aromatic carbocycles. The average molecular weight is 231 g/mol. The molecule has 1 atom stereocenters. The van der Waals surface area contributed by atoms with E-state index in [1.165, 1.54) is 0 Å². The lowest BCUT2D eigenvalue weighted by Gasteiger charge is -2.12. The van der Waals surface area contributed by atoms with Gasteiger partial charge in [-0.1, -0.05) is 37.5 Å². The normalized spacial score (nSPS) is 11.8. The maximum absolute atomic E-state index is 5.59. The first kappa shape index (κ1) is 13.6.